The van der Waals surface area contributed by atoms with Crippen LogP contribution in [0.3, 0.4) is 0 Å². The highest BCUT2D eigenvalue weighted by Gasteiger charge is 2.31. The Labute approximate surface area is 138 Å². The predicted octanol–water partition coefficient (Wildman–Crippen LogP) is 2.43. The molecule has 1 N–H and O–H groups in total. The van der Waals surface area contributed by atoms with Crippen LogP contribution >= 0.6 is 0 Å². The lowest BCUT2D eigenvalue weighted by molar-refractivity contribution is -0.121. The molecule has 6 heteroatoms. The van der Waals surface area contributed by atoms with Gasteiger partial charge in [-0.15, -0.1) is 0 Å². The van der Waals surface area contributed by atoms with Crippen molar-refractivity contribution >= 4 is 17.5 Å². The van der Waals surface area contributed by atoms with Crippen LogP contribution in [0.4, 0.5) is 14.5 Å². The second kappa shape index (κ2) is 6.78. The average molecular weight is 330 g/mol. The molecule has 3 rings (SSSR count). The van der Waals surface area contributed by atoms with E-state index in [-0.39, 0.29) is 36.5 Å². The lowest BCUT2D eigenvalue weighted by atomic mass is 10.1. The van der Waals surface area contributed by atoms with Crippen molar-refractivity contribution in [1.29, 1.82) is 0 Å². The van der Waals surface area contributed by atoms with E-state index in [1.807, 2.05) is 0 Å². The summed E-state index contributed by atoms with van der Waals surface area (Å²) in [5, 5.41) is 2.80. The summed E-state index contributed by atoms with van der Waals surface area (Å²) in [7, 11) is 0. The number of benzene rings is 2. The maximum atomic E-state index is 13.3. The number of carbonyl (C=O) groups excluding carboxylic acids is 2. The van der Waals surface area contributed by atoms with Gasteiger partial charge in [0, 0.05) is 18.7 Å². The fourth-order valence-corrected chi connectivity index (χ4v) is 2.76. The van der Waals surface area contributed by atoms with Gasteiger partial charge in [-0.25, -0.2) is 8.78 Å². The van der Waals surface area contributed by atoms with Crippen LogP contribution in [0.15, 0.2) is 48.5 Å². The van der Waals surface area contributed by atoms with Crippen LogP contribution < -0.4 is 10.2 Å². The SMILES string of the molecule is O=C(Cc1ccc(F)cc1)N[C@H]1CC(=O)N(c2cccc(F)c2)C1. The van der Waals surface area contributed by atoms with E-state index >= 15 is 0 Å². The third-order valence-corrected chi connectivity index (χ3v) is 3.89. The zero-order valence-electron chi connectivity index (χ0n) is 12.8. The number of hydrogen-bond acceptors (Lipinski definition) is 2. The number of carbonyl (C=O) groups is 2. The van der Waals surface area contributed by atoms with E-state index in [1.165, 1.54) is 29.2 Å². The average Bonchev–Trinajstić information content (AvgIpc) is 2.90. The molecule has 1 fully saturated rings. The molecule has 1 aliphatic rings. The molecule has 0 aliphatic carbocycles. The third-order valence-electron chi connectivity index (χ3n) is 3.89. The molecule has 4 nitrogen and oxygen atoms in total. The first-order chi connectivity index (χ1) is 11.5. The zero-order chi connectivity index (χ0) is 17.1. The highest BCUT2D eigenvalue weighted by Crippen LogP contribution is 2.22. The molecule has 24 heavy (non-hydrogen) atoms. The van der Waals surface area contributed by atoms with Crippen molar-refractivity contribution in [2.24, 2.45) is 0 Å². The van der Waals surface area contributed by atoms with Gasteiger partial charge in [-0.3, -0.25) is 9.59 Å². The molecule has 0 saturated carbocycles. The molecule has 0 aromatic heterocycles. The molecule has 2 aromatic carbocycles. The standard InChI is InChI=1S/C18H16F2N2O2/c19-13-6-4-12(5-7-13)8-17(23)21-15-10-18(24)22(11-15)16-3-1-2-14(20)9-16/h1-7,9,15H,8,10-11H2,(H,21,23)/t15-/m0/s1. The van der Waals surface area contributed by atoms with Gasteiger partial charge in [-0.05, 0) is 35.9 Å². The van der Waals surface area contributed by atoms with Crippen LogP contribution in [-0.4, -0.2) is 24.4 Å². The maximum Gasteiger partial charge on any atom is 0.229 e. The molecule has 0 unspecified atom stereocenters. The molecule has 1 saturated heterocycles. The molecular formula is C18H16F2N2O2. The Bertz CT molecular complexity index is 762. The first-order valence-corrected chi connectivity index (χ1v) is 7.61. The number of rotatable bonds is 4. The van der Waals surface area contributed by atoms with Crippen LogP contribution in [-0.2, 0) is 16.0 Å². The smallest absolute Gasteiger partial charge is 0.229 e. The summed E-state index contributed by atoms with van der Waals surface area (Å²) in [4.78, 5) is 25.6. The summed E-state index contributed by atoms with van der Waals surface area (Å²) in [6, 6.07) is 11.2. The first kappa shape index (κ1) is 16.1. The number of nitrogens with zero attached hydrogens (tertiary/aromatic N) is 1. The summed E-state index contributed by atoms with van der Waals surface area (Å²) >= 11 is 0. The van der Waals surface area contributed by atoms with E-state index in [0.29, 0.717) is 17.8 Å². The van der Waals surface area contributed by atoms with Crippen molar-refractivity contribution < 1.29 is 18.4 Å². The molecule has 0 bridgehead atoms. The highest BCUT2D eigenvalue weighted by molar-refractivity contribution is 5.96. The largest absolute Gasteiger partial charge is 0.351 e. The van der Waals surface area contributed by atoms with Gasteiger partial charge in [-0.1, -0.05) is 18.2 Å². The van der Waals surface area contributed by atoms with E-state index < -0.39 is 5.82 Å². The Morgan fingerprint density at radius 2 is 1.88 bits per heavy atom. The number of anilines is 1. The molecule has 0 spiro atoms. The van der Waals surface area contributed by atoms with Gasteiger partial charge in [0.1, 0.15) is 11.6 Å². The summed E-state index contributed by atoms with van der Waals surface area (Å²) in [6.45, 7) is 0.303. The van der Waals surface area contributed by atoms with E-state index in [9.17, 15) is 18.4 Å². The Morgan fingerprint density at radius 1 is 1.12 bits per heavy atom. The lowest BCUT2D eigenvalue weighted by Gasteiger charge is -2.17. The second-order valence-corrected chi connectivity index (χ2v) is 5.76. The van der Waals surface area contributed by atoms with Crippen LogP contribution in [0.25, 0.3) is 0 Å². The summed E-state index contributed by atoms with van der Waals surface area (Å²) in [6.07, 6.45) is 0.288. The fraction of sp³-hybridized carbons (Fsp3) is 0.222. The molecule has 1 atom stereocenters. The van der Waals surface area contributed by atoms with Gasteiger partial charge in [-0.2, -0.15) is 0 Å². The number of hydrogen-bond donors (Lipinski definition) is 1. The zero-order valence-corrected chi connectivity index (χ0v) is 12.8. The minimum absolute atomic E-state index is 0.116. The summed E-state index contributed by atoms with van der Waals surface area (Å²) < 4.78 is 26.1. The second-order valence-electron chi connectivity index (χ2n) is 5.76. The molecule has 1 heterocycles. The summed E-state index contributed by atoms with van der Waals surface area (Å²) in [5.41, 5.74) is 1.18. The summed E-state index contributed by atoms with van der Waals surface area (Å²) in [5.74, 6) is -1.16. The van der Waals surface area contributed by atoms with Crippen molar-refractivity contribution in [3.8, 4) is 0 Å². The van der Waals surface area contributed by atoms with Crippen molar-refractivity contribution in [2.45, 2.75) is 18.9 Å². The van der Waals surface area contributed by atoms with Gasteiger partial charge < -0.3 is 10.2 Å². The van der Waals surface area contributed by atoms with E-state index in [1.54, 1.807) is 24.3 Å². The van der Waals surface area contributed by atoms with Gasteiger partial charge in [0.2, 0.25) is 11.8 Å². The Balaban J connectivity index is 1.59. The topological polar surface area (TPSA) is 49.4 Å². The van der Waals surface area contributed by atoms with Crippen LogP contribution in [0.2, 0.25) is 0 Å². The quantitative estimate of drug-likeness (QED) is 0.936. The molecule has 2 aromatic rings. The number of nitrogens with one attached hydrogen (secondary N) is 1. The van der Waals surface area contributed by atoms with Crippen molar-refractivity contribution in [2.75, 3.05) is 11.4 Å². The van der Waals surface area contributed by atoms with Crippen molar-refractivity contribution in [1.82, 2.24) is 5.32 Å². The normalized spacial score (nSPS) is 17.2. The monoisotopic (exact) mass is 330 g/mol. The van der Waals surface area contributed by atoms with E-state index in [0.717, 1.165) is 0 Å². The van der Waals surface area contributed by atoms with Crippen LogP contribution in [0.5, 0.6) is 0 Å². The molecule has 2 amide bonds. The highest BCUT2D eigenvalue weighted by atomic mass is 19.1. The van der Waals surface area contributed by atoms with Crippen LogP contribution in [0, 0.1) is 11.6 Å². The van der Waals surface area contributed by atoms with Gasteiger partial charge in [0.15, 0.2) is 0 Å². The first-order valence-electron chi connectivity index (χ1n) is 7.61. The van der Waals surface area contributed by atoms with Gasteiger partial charge >= 0.3 is 0 Å². The molecule has 124 valence electrons. The molecule has 1 aliphatic heterocycles. The minimum atomic E-state index is -0.413. The molecular weight excluding hydrogens is 314 g/mol. The number of amides is 2. The van der Waals surface area contributed by atoms with E-state index in [2.05, 4.69) is 5.32 Å². The van der Waals surface area contributed by atoms with Crippen molar-refractivity contribution in [3.63, 3.8) is 0 Å². The van der Waals surface area contributed by atoms with Gasteiger partial charge in [0.05, 0.1) is 12.5 Å². The Hall–Kier alpha value is -2.76. The van der Waals surface area contributed by atoms with Crippen molar-refractivity contribution in [3.05, 3.63) is 65.7 Å². The van der Waals surface area contributed by atoms with Gasteiger partial charge in [0.25, 0.3) is 0 Å². The maximum absolute atomic E-state index is 13.3. The molecule has 0 radical (unpaired) electrons. The lowest BCUT2D eigenvalue weighted by Crippen LogP contribution is -2.38. The van der Waals surface area contributed by atoms with Crippen LogP contribution in [0.1, 0.15) is 12.0 Å². The third kappa shape index (κ3) is 3.76. The van der Waals surface area contributed by atoms with E-state index in [4.69, 9.17) is 0 Å². The minimum Gasteiger partial charge on any atom is -0.351 e. The fourth-order valence-electron chi connectivity index (χ4n) is 2.76. The Kier molecular flexibility index (Phi) is 4.55. The number of halogens is 2. The Morgan fingerprint density at radius 3 is 2.58 bits per heavy atom. The predicted molar refractivity (Wildman–Crippen MR) is 85.4 cm³/mol.